The van der Waals surface area contributed by atoms with Crippen molar-refractivity contribution in [3.05, 3.63) is 21.6 Å². The lowest BCUT2D eigenvalue weighted by Gasteiger charge is -2.29. The van der Waals surface area contributed by atoms with Crippen molar-refractivity contribution in [1.29, 1.82) is 0 Å². The molecule has 0 unspecified atom stereocenters. The number of aromatic nitrogens is 2. The molecule has 1 fully saturated rings. The molecule has 2 aliphatic rings. The van der Waals surface area contributed by atoms with Crippen LogP contribution in [0.4, 0.5) is 4.79 Å². The topological polar surface area (TPSA) is 67.3 Å². The van der Waals surface area contributed by atoms with Gasteiger partial charge in [0.25, 0.3) is 5.56 Å². The minimum absolute atomic E-state index is 0.0239. The van der Waals surface area contributed by atoms with Gasteiger partial charge in [-0.1, -0.05) is 0 Å². The fourth-order valence-corrected chi connectivity index (χ4v) is 2.50. The smallest absolute Gasteiger partial charge is 0.410 e. The fourth-order valence-electron chi connectivity index (χ4n) is 2.50. The Balaban J connectivity index is 1.78. The Labute approximate surface area is 117 Å². The van der Waals surface area contributed by atoms with Crippen LogP contribution in [0.25, 0.3) is 0 Å². The Morgan fingerprint density at radius 1 is 1.35 bits per heavy atom. The summed E-state index contributed by atoms with van der Waals surface area (Å²) in [6, 6.07) is 0.336. The molecule has 1 saturated carbocycles. The van der Waals surface area contributed by atoms with E-state index in [2.05, 4.69) is 5.10 Å². The molecule has 2 heterocycles. The normalized spacial score (nSPS) is 18.9. The number of hydrogen-bond donors (Lipinski definition) is 1. The Kier molecular flexibility index (Phi) is 2.92. The van der Waals surface area contributed by atoms with Crippen molar-refractivity contribution >= 4 is 6.09 Å². The second-order valence-electron chi connectivity index (χ2n) is 6.63. The molecule has 1 N–H and O–H groups in total. The Morgan fingerprint density at radius 3 is 2.65 bits per heavy atom. The van der Waals surface area contributed by atoms with Crippen LogP contribution in [0.1, 0.15) is 50.9 Å². The molecule has 0 spiro atoms. The van der Waals surface area contributed by atoms with Gasteiger partial charge in [0.05, 0.1) is 18.2 Å². The van der Waals surface area contributed by atoms with Crippen molar-refractivity contribution in [2.24, 2.45) is 0 Å². The second kappa shape index (κ2) is 4.40. The van der Waals surface area contributed by atoms with Crippen molar-refractivity contribution in [2.75, 3.05) is 6.54 Å². The number of nitrogens with zero attached hydrogens (tertiary/aromatic N) is 2. The molecule has 110 valence electrons. The lowest BCUT2D eigenvalue weighted by molar-refractivity contribution is 0.0223. The van der Waals surface area contributed by atoms with E-state index in [1.54, 1.807) is 9.58 Å². The number of ether oxygens (including phenoxy) is 1. The average Bonchev–Trinajstić information content (AvgIpc) is 3.13. The first-order valence-electron chi connectivity index (χ1n) is 7.15. The van der Waals surface area contributed by atoms with Crippen molar-refractivity contribution < 1.29 is 9.53 Å². The molecule has 20 heavy (non-hydrogen) atoms. The number of aromatic amines is 1. The minimum atomic E-state index is -0.510. The first-order valence-corrected chi connectivity index (χ1v) is 7.15. The maximum Gasteiger partial charge on any atom is 0.410 e. The van der Waals surface area contributed by atoms with Gasteiger partial charge < -0.3 is 9.64 Å². The number of H-pyrrole nitrogens is 1. The van der Waals surface area contributed by atoms with Gasteiger partial charge in [-0.05, 0) is 33.6 Å². The van der Waals surface area contributed by atoms with E-state index in [9.17, 15) is 9.59 Å². The molecule has 1 aromatic heterocycles. The fraction of sp³-hybridized carbons (Fsp3) is 0.714. The number of hydrogen-bond acceptors (Lipinski definition) is 3. The van der Waals surface area contributed by atoms with Gasteiger partial charge in [-0.25, -0.2) is 9.48 Å². The molecule has 0 bridgehead atoms. The molecule has 6 heteroatoms. The highest BCUT2D eigenvalue weighted by Crippen LogP contribution is 2.33. The van der Waals surface area contributed by atoms with Crippen LogP contribution in [0.15, 0.2) is 4.79 Å². The number of rotatable bonds is 1. The summed E-state index contributed by atoms with van der Waals surface area (Å²) in [5.74, 6) is 0. The van der Waals surface area contributed by atoms with E-state index in [0.717, 1.165) is 18.5 Å². The van der Waals surface area contributed by atoms with Crippen LogP contribution in [0.5, 0.6) is 0 Å². The molecule has 0 saturated heterocycles. The molecule has 0 aromatic carbocycles. The van der Waals surface area contributed by atoms with Crippen LogP contribution in [-0.4, -0.2) is 32.9 Å². The molecule has 1 amide bonds. The predicted molar refractivity (Wildman–Crippen MR) is 73.7 cm³/mol. The van der Waals surface area contributed by atoms with E-state index in [4.69, 9.17) is 4.74 Å². The molecule has 1 aromatic rings. The third kappa shape index (κ3) is 2.46. The lowest BCUT2D eigenvalue weighted by Crippen LogP contribution is -2.41. The Hall–Kier alpha value is -1.72. The third-order valence-corrected chi connectivity index (χ3v) is 3.64. The molecule has 0 atom stereocenters. The van der Waals surface area contributed by atoms with E-state index in [0.29, 0.717) is 31.1 Å². The molecule has 0 radical (unpaired) electrons. The van der Waals surface area contributed by atoms with Crippen LogP contribution in [0.3, 0.4) is 0 Å². The van der Waals surface area contributed by atoms with Crippen molar-refractivity contribution in [1.82, 2.24) is 14.7 Å². The lowest BCUT2D eigenvalue weighted by atomic mass is 10.1. The number of fused-ring (bicyclic) bond motifs is 1. The van der Waals surface area contributed by atoms with Crippen LogP contribution < -0.4 is 5.56 Å². The third-order valence-electron chi connectivity index (χ3n) is 3.64. The van der Waals surface area contributed by atoms with Gasteiger partial charge in [-0.3, -0.25) is 9.89 Å². The molecule has 1 aliphatic heterocycles. The van der Waals surface area contributed by atoms with E-state index >= 15 is 0 Å². The molecule has 6 nitrogen and oxygen atoms in total. The van der Waals surface area contributed by atoms with Gasteiger partial charge >= 0.3 is 6.09 Å². The summed E-state index contributed by atoms with van der Waals surface area (Å²) >= 11 is 0. The zero-order valence-corrected chi connectivity index (χ0v) is 12.2. The highest BCUT2D eigenvalue weighted by molar-refractivity contribution is 5.68. The van der Waals surface area contributed by atoms with E-state index in [-0.39, 0.29) is 11.7 Å². The summed E-state index contributed by atoms with van der Waals surface area (Å²) < 4.78 is 7.09. The molecule has 3 rings (SSSR count). The standard InChI is InChI=1S/C14H21N3O3/c1-14(2,3)20-13(19)16-7-6-11-10(8-16)12(18)17(15-11)9-4-5-9/h9,15H,4-8H2,1-3H3. The number of amides is 1. The van der Waals surface area contributed by atoms with Gasteiger partial charge in [0.1, 0.15) is 5.60 Å². The van der Waals surface area contributed by atoms with Crippen molar-refractivity contribution in [3.8, 4) is 0 Å². The monoisotopic (exact) mass is 279 g/mol. The van der Waals surface area contributed by atoms with Gasteiger partial charge in [0.15, 0.2) is 0 Å². The minimum Gasteiger partial charge on any atom is -0.444 e. The average molecular weight is 279 g/mol. The van der Waals surface area contributed by atoms with E-state index in [1.807, 2.05) is 20.8 Å². The van der Waals surface area contributed by atoms with Gasteiger partial charge in [0.2, 0.25) is 0 Å². The van der Waals surface area contributed by atoms with Gasteiger partial charge in [0, 0.05) is 18.7 Å². The second-order valence-corrected chi connectivity index (χ2v) is 6.63. The number of carbonyl (C=O) groups is 1. The van der Waals surface area contributed by atoms with Crippen molar-refractivity contribution in [3.63, 3.8) is 0 Å². The summed E-state index contributed by atoms with van der Waals surface area (Å²) in [6.07, 6.45) is 2.47. The van der Waals surface area contributed by atoms with Crippen LogP contribution in [-0.2, 0) is 17.7 Å². The number of nitrogens with one attached hydrogen (secondary N) is 1. The van der Waals surface area contributed by atoms with Gasteiger partial charge in [-0.15, -0.1) is 0 Å². The summed E-state index contributed by atoms with van der Waals surface area (Å²) in [7, 11) is 0. The quantitative estimate of drug-likeness (QED) is 0.852. The number of carbonyl (C=O) groups excluding carboxylic acids is 1. The zero-order chi connectivity index (χ0) is 14.5. The first-order chi connectivity index (χ1) is 9.35. The molecular formula is C14H21N3O3. The predicted octanol–water partition coefficient (Wildman–Crippen LogP) is 1.80. The van der Waals surface area contributed by atoms with E-state index in [1.165, 1.54) is 0 Å². The zero-order valence-electron chi connectivity index (χ0n) is 12.2. The van der Waals surface area contributed by atoms with Gasteiger partial charge in [-0.2, -0.15) is 0 Å². The summed E-state index contributed by atoms with van der Waals surface area (Å²) in [5.41, 5.74) is 1.20. The summed E-state index contributed by atoms with van der Waals surface area (Å²) in [4.78, 5) is 26.0. The van der Waals surface area contributed by atoms with Crippen molar-refractivity contribution in [2.45, 2.75) is 58.2 Å². The first kappa shape index (κ1) is 13.3. The summed E-state index contributed by atoms with van der Waals surface area (Å²) in [6.45, 7) is 6.47. The highest BCUT2D eigenvalue weighted by atomic mass is 16.6. The Bertz CT molecular complexity index is 590. The van der Waals surface area contributed by atoms with Crippen LogP contribution in [0, 0.1) is 0 Å². The Morgan fingerprint density at radius 2 is 2.05 bits per heavy atom. The van der Waals surface area contributed by atoms with E-state index < -0.39 is 5.60 Å². The molecular weight excluding hydrogens is 258 g/mol. The maximum absolute atomic E-state index is 12.3. The molecule has 1 aliphatic carbocycles. The van der Waals surface area contributed by atoms with Crippen LogP contribution >= 0.6 is 0 Å². The van der Waals surface area contributed by atoms with Crippen LogP contribution in [0.2, 0.25) is 0 Å². The highest BCUT2D eigenvalue weighted by Gasteiger charge is 2.32. The maximum atomic E-state index is 12.3. The largest absolute Gasteiger partial charge is 0.444 e. The SMILES string of the molecule is CC(C)(C)OC(=O)N1CCc2[nH]n(C3CC3)c(=O)c2C1. The summed E-state index contributed by atoms with van der Waals surface area (Å²) in [5, 5.41) is 3.20.